The van der Waals surface area contributed by atoms with Crippen molar-refractivity contribution in [3.63, 3.8) is 0 Å². The number of aliphatic hydroxyl groups excluding tert-OH is 2. The van der Waals surface area contributed by atoms with Crippen LogP contribution in [0.15, 0.2) is 107 Å². The second-order valence-corrected chi connectivity index (χ2v) is 19.8. The van der Waals surface area contributed by atoms with Crippen molar-refractivity contribution in [2.75, 3.05) is 33.0 Å². The van der Waals surface area contributed by atoms with Gasteiger partial charge < -0.3 is 34.0 Å². The minimum absolute atomic E-state index is 0.00122. The number of nitrogens with zero attached hydrogens (tertiary/aromatic N) is 3. The van der Waals surface area contributed by atoms with E-state index in [9.17, 15) is 10.2 Å². The van der Waals surface area contributed by atoms with Crippen LogP contribution in [-0.2, 0) is 24.3 Å². The highest BCUT2D eigenvalue weighted by molar-refractivity contribution is 7.89. The Kier molecular flexibility index (Phi) is 15.1. The molecule has 0 amide bonds. The predicted octanol–water partition coefficient (Wildman–Crippen LogP) is 9.91. The van der Waals surface area contributed by atoms with Crippen LogP contribution in [0.5, 0.6) is 17.2 Å². The Hall–Kier alpha value is -4.63. The van der Waals surface area contributed by atoms with Gasteiger partial charge in [0, 0.05) is 55.7 Å². The number of rotatable bonds is 20. The first kappa shape index (κ1) is 46.9. The minimum atomic E-state index is -4.29. The smallest absolute Gasteiger partial charge is 0.245 e. The molecule has 0 spiro atoms. The van der Waals surface area contributed by atoms with Gasteiger partial charge in [0.1, 0.15) is 22.1 Å². The summed E-state index contributed by atoms with van der Waals surface area (Å²) in [5.74, 6) is -0.438. The number of aliphatic hydroxyl groups is 2. The molecule has 1 unspecified atom stereocenters. The van der Waals surface area contributed by atoms with Gasteiger partial charge >= 0.3 is 0 Å². The molecule has 3 heterocycles. The fourth-order valence-electron chi connectivity index (χ4n) is 10.6. The Morgan fingerprint density at radius 1 is 0.969 bits per heavy atom. The van der Waals surface area contributed by atoms with Gasteiger partial charge in [0.2, 0.25) is 22.1 Å². The molecule has 2 aliphatic heterocycles. The molecule has 2 aliphatic carbocycles. The van der Waals surface area contributed by atoms with E-state index in [-0.39, 0.29) is 55.4 Å². The molecule has 0 radical (unpaired) electrons. The summed E-state index contributed by atoms with van der Waals surface area (Å²) >= 11 is 0. The third-order valence-electron chi connectivity index (χ3n) is 13.8. The molecular weight excluding hydrogens is 843 g/mol. The SMILES string of the molecule is C=CCO[C@@]12Oc3ccc(Oc4ccc(C)c(C)c4)cc3[C@H]3[C@H](CCCCO)[C@@H](CCCCO)C=C(C(=NOC4CCCCO4)C[C@@H]1N(CCC)S(=O)(=O)c1cccc4cccnc14)[C@H]32. The fourth-order valence-corrected chi connectivity index (χ4v) is 12.5. The van der Waals surface area contributed by atoms with Gasteiger partial charge in [-0.05, 0) is 130 Å². The Morgan fingerprint density at radius 3 is 2.51 bits per heavy atom. The molecule has 3 aromatic carbocycles. The highest BCUT2D eigenvalue weighted by Gasteiger charge is 2.66. The van der Waals surface area contributed by atoms with Crippen LogP contribution < -0.4 is 9.47 Å². The molecule has 0 bridgehead atoms. The van der Waals surface area contributed by atoms with Crippen molar-refractivity contribution in [1.82, 2.24) is 9.29 Å². The monoisotopic (exact) mass is 907 g/mol. The number of allylic oxidation sites excluding steroid dienone is 1. The van der Waals surface area contributed by atoms with Crippen LogP contribution in [0, 0.1) is 31.6 Å². The Bertz CT molecular complexity index is 2460. The lowest BCUT2D eigenvalue weighted by Gasteiger charge is -2.59. The second-order valence-electron chi connectivity index (χ2n) is 18.0. The summed E-state index contributed by atoms with van der Waals surface area (Å²) in [5, 5.41) is 25.7. The van der Waals surface area contributed by atoms with E-state index >= 15 is 8.42 Å². The van der Waals surface area contributed by atoms with Crippen molar-refractivity contribution in [2.45, 2.75) is 120 Å². The van der Waals surface area contributed by atoms with Gasteiger partial charge in [-0.2, -0.15) is 4.31 Å². The molecule has 1 aromatic heterocycles. The number of sulfonamides is 1. The third kappa shape index (κ3) is 9.64. The van der Waals surface area contributed by atoms with Gasteiger partial charge in [0.25, 0.3) is 0 Å². The zero-order valence-corrected chi connectivity index (χ0v) is 38.9. The number of aromatic nitrogens is 1. The van der Waals surface area contributed by atoms with E-state index in [0.29, 0.717) is 60.4 Å². The molecule has 1 saturated carbocycles. The average molecular weight is 908 g/mol. The fraction of sp³-hybridized carbons (Fsp3) is 0.500. The van der Waals surface area contributed by atoms with E-state index in [4.69, 9.17) is 28.9 Å². The van der Waals surface area contributed by atoms with E-state index in [0.717, 1.165) is 61.0 Å². The van der Waals surface area contributed by atoms with Crippen molar-refractivity contribution >= 4 is 26.6 Å². The van der Waals surface area contributed by atoms with Crippen molar-refractivity contribution in [2.24, 2.45) is 22.9 Å². The molecule has 2 N–H and O–H groups in total. The van der Waals surface area contributed by atoms with Crippen LogP contribution in [0.4, 0.5) is 0 Å². The number of pyridine rings is 1. The number of aryl methyl sites for hydroxylation is 2. The van der Waals surface area contributed by atoms with Gasteiger partial charge in [-0.1, -0.05) is 61.3 Å². The molecule has 4 aliphatic rings. The lowest BCUT2D eigenvalue weighted by Crippen LogP contribution is -2.70. The van der Waals surface area contributed by atoms with Gasteiger partial charge in [-0.25, -0.2) is 8.42 Å². The first-order valence-corrected chi connectivity index (χ1v) is 25.0. The van der Waals surface area contributed by atoms with E-state index in [2.05, 4.69) is 43.6 Å². The lowest BCUT2D eigenvalue weighted by molar-refractivity contribution is -0.251. The number of hydrogen-bond donors (Lipinski definition) is 2. The van der Waals surface area contributed by atoms with Gasteiger partial charge in [0.15, 0.2) is 0 Å². The second kappa shape index (κ2) is 20.9. The molecule has 4 aromatic rings. The van der Waals surface area contributed by atoms with Crippen molar-refractivity contribution < 1.29 is 42.4 Å². The molecular formula is C52H65N3O9S. The summed E-state index contributed by atoms with van der Waals surface area (Å²) in [7, 11) is -4.29. The maximum atomic E-state index is 15.6. The molecule has 348 valence electrons. The normalized spacial score (nSPS) is 25.7. The van der Waals surface area contributed by atoms with Crippen LogP contribution in [0.1, 0.15) is 100 Å². The van der Waals surface area contributed by atoms with Crippen molar-refractivity contribution in [1.29, 1.82) is 0 Å². The number of fused-ring (bicyclic) bond motifs is 3. The van der Waals surface area contributed by atoms with Gasteiger partial charge in [-0.15, -0.1) is 6.58 Å². The first-order valence-electron chi connectivity index (χ1n) is 23.6. The molecule has 8 rings (SSSR count). The van der Waals surface area contributed by atoms with Gasteiger partial charge in [0.05, 0.1) is 36.4 Å². The zero-order chi connectivity index (χ0) is 45.6. The Labute approximate surface area is 384 Å². The topological polar surface area (TPSA) is 149 Å². The van der Waals surface area contributed by atoms with Crippen LogP contribution in [0.3, 0.4) is 0 Å². The molecule has 7 atom stereocenters. The molecule has 2 fully saturated rings. The summed E-state index contributed by atoms with van der Waals surface area (Å²) < 4.78 is 60.0. The summed E-state index contributed by atoms with van der Waals surface area (Å²) in [5.41, 5.74) is 5.13. The first-order chi connectivity index (χ1) is 31.6. The van der Waals surface area contributed by atoms with Gasteiger partial charge in [-0.3, -0.25) is 4.98 Å². The zero-order valence-electron chi connectivity index (χ0n) is 38.1. The predicted molar refractivity (Wildman–Crippen MR) is 252 cm³/mol. The van der Waals surface area contributed by atoms with Crippen LogP contribution in [-0.4, -0.2) is 84.7 Å². The number of oxime groups is 1. The summed E-state index contributed by atoms with van der Waals surface area (Å²) in [4.78, 5) is 11.0. The maximum absolute atomic E-state index is 15.6. The Morgan fingerprint density at radius 2 is 1.75 bits per heavy atom. The Balaban J connectivity index is 1.37. The molecule has 1 saturated heterocycles. The standard InChI is InChI=1S/C52H65N3O9S/c1-5-26-55(65(58,59)46-19-13-16-37-17-14-25-53-51(37)46)47-34-44(54-64-48-20-9-12-30-60-48)42-32-38(15-7-10-27-56)41(18-8-11-28-57)49-43-33-40(62-39-22-21-35(3)36(4)31-39)23-24-45(43)63-52(47,50(42)49)61-29-6-2/h6,13-14,16-17,19,21-25,31-33,38,41,47-50,56-57H,2,5,7-12,15,18,20,26-30,34H2,1,3-4H3/t38-,41+,47-,48?,49+,50+,52+/m0/s1. The van der Waals surface area contributed by atoms with E-state index in [1.54, 1.807) is 34.8 Å². The number of ether oxygens (including phenoxy) is 4. The third-order valence-corrected chi connectivity index (χ3v) is 15.7. The largest absolute Gasteiger partial charge is 0.460 e. The van der Waals surface area contributed by atoms with Crippen molar-refractivity contribution in [3.05, 3.63) is 114 Å². The van der Waals surface area contributed by atoms with Crippen LogP contribution >= 0.6 is 0 Å². The highest BCUT2D eigenvalue weighted by atomic mass is 32.2. The van der Waals surface area contributed by atoms with E-state index in [1.165, 1.54) is 5.56 Å². The summed E-state index contributed by atoms with van der Waals surface area (Å²) in [6.07, 6.45) is 12.8. The average Bonchev–Trinajstić information content (AvgIpc) is 3.32. The molecule has 65 heavy (non-hydrogen) atoms. The quantitative estimate of drug-likeness (QED) is 0.0499. The molecule has 13 heteroatoms. The van der Waals surface area contributed by atoms with E-state index in [1.807, 2.05) is 43.3 Å². The number of hydrogen-bond acceptors (Lipinski definition) is 11. The van der Waals surface area contributed by atoms with E-state index < -0.39 is 34.1 Å². The highest BCUT2D eigenvalue weighted by Crippen LogP contribution is 2.62. The van der Waals surface area contributed by atoms with Crippen molar-refractivity contribution in [3.8, 4) is 17.2 Å². The number of benzene rings is 3. The minimum Gasteiger partial charge on any atom is -0.460 e. The number of para-hydroxylation sites is 1. The van der Waals surface area contributed by atoms with Crippen LogP contribution in [0.25, 0.3) is 10.9 Å². The number of unbranched alkanes of at least 4 members (excludes halogenated alkanes) is 2. The molecule has 12 nitrogen and oxygen atoms in total. The lowest BCUT2D eigenvalue weighted by atomic mass is 9.55. The summed E-state index contributed by atoms with van der Waals surface area (Å²) in [6, 6.07) is 20.0. The maximum Gasteiger partial charge on any atom is 0.245 e. The van der Waals surface area contributed by atoms with Crippen LogP contribution in [0.2, 0.25) is 0 Å². The summed E-state index contributed by atoms with van der Waals surface area (Å²) in [6.45, 7) is 11.2.